The van der Waals surface area contributed by atoms with Gasteiger partial charge in [-0.15, -0.1) is 0 Å². The molecule has 0 aliphatic heterocycles. The molecule has 10 nitrogen and oxygen atoms in total. The van der Waals surface area contributed by atoms with E-state index >= 15 is 0 Å². The number of likely N-dealkylation sites (N-methyl/N-ethyl adjacent to an activating group) is 1. The van der Waals surface area contributed by atoms with Gasteiger partial charge in [-0.1, -0.05) is 20.8 Å². The summed E-state index contributed by atoms with van der Waals surface area (Å²) >= 11 is 0. The monoisotopic (exact) mass is 631 g/mol. The molecule has 0 unspecified atom stereocenters. The number of carbonyl (C=O) groups excluding carboxylic acids is 1. The molecule has 4 aliphatic rings. The van der Waals surface area contributed by atoms with Crippen molar-refractivity contribution in [2.24, 2.45) is 46.3 Å². The van der Waals surface area contributed by atoms with Crippen molar-refractivity contribution in [3.8, 4) is 0 Å². The van der Waals surface area contributed by atoms with E-state index in [0.29, 0.717) is 48.7 Å². The van der Waals surface area contributed by atoms with Crippen LogP contribution in [0.1, 0.15) is 85.0 Å². The van der Waals surface area contributed by atoms with Gasteiger partial charge in [0.25, 0.3) is 10.1 Å². The molecule has 0 aromatic carbocycles. The van der Waals surface area contributed by atoms with Crippen LogP contribution >= 0.6 is 0 Å². The highest BCUT2D eigenvalue weighted by atomic mass is 32.2. The number of amides is 1. The quantitative estimate of drug-likeness (QED) is 0.108. The predicted molar refractivity (Wildman–Crippen MR) is 164 cm³/mol. The lowest BCUT2D eigenvalue weighted by molar-refractivity contribution is -0.893. The second kappa shape index (κ2) is 13.1. The molecule has 6 N–H and O–H groups in total. The molecule has 4 aliphatic carbocycles. The van der Waals surface area contributed by atoms with Gasteiger partial charge in [0.1, 0.15) is 18.4 Å². The summed E-state index contributed by atoms with van der Waals surface area (Å²) in [5, 5.41) is 46.5. The molecular weight excluding hydrogens is 572 g/mol. The molecule has 1 amide bonds. The fourth-order valence-corrected chi connectivity index (χ4v) is 11.1. The van der Waals surface area contributed by atoms with Crippen LogP contribution < -0.4 is 5.32 Å². The molecule has 250 valence electrons. The minimum Gasteiger partial charge on any atom is -0.393 e. The van der Waals surface area contributed by atoms with E-state index in [1.54, 1.807) is 0 Å². The van der Waals surface area contributed by atoms with Crippen LogP contribution in [0.3, 0.4) is 0 Å². The van der Waals surface area contributed by atoms with Gasteiger partial charge in [0.05, 0.1) is 39.0 Å². The van der Waals surface area contributed by atoms with Crippen LogP contribution in [0, 0.1) is 46.3 Å². The van der Waals surface area contributed by atoms with E-state index in [2.05, 4.69) is 26.1 Å². The zero-order chi connectivity index (χ0) is 32.0. The summed E-state index contributed by atoms with van der Waals surface area (Å²) in [4.78, 5) is 12.7. The van der Waals surface area contributed by atoms with Crippen molar-refractivity contribution < 1.29 is 42.7 Å². The number of hydrogen-bond acceptors (Lipinski definition) is 7. The van der Waals surface area contributed by atoms with Gasteiger partial charge in [0, 0.05) is 19.4 Å². The molecule has 0 bridgehead atoms. The Balaban J connectivity index is 1.27. The highest BCUT2D eigenvalue weighted by molar-refractivity contribution is 7.85. The molecule has 4 saturated carbocycles. The molecule has 0 spiro atoms. The zero-order valence-corrected chi connectivity index (χ0v) is 27.8. The van der Waals surface area contributed by atoms with E-state index in [1.807, 2.05) is 14.1 Å². The first-order chi connectivity index (χ1) is 19.9. The normalized spacial score (nSPS) is 41.1. The molecule has 0 aromatic rings. The Morgan fingerprint density at radius 2 is 1.74 bits per heavy atom. The maximum atomic E-state index is 12.7. The van der Waals surface area contributed by atoms with Crippen molar-refractivity contribution in [3.05, 3.63) is 0 Å². The van der Waals surface area contributed by atoms with E-state index in [9.17, 15) is 33.6 Å². The summed E-state index contributed by atoms with van der Waals surface area (Å²) in [7, 11) is -0.484. The maximum absolute atomic E-state index is 12.7. The first kappa shape index (κ1) is 35.0. The molecule has 11 heteroatoms. The van der Waals surface area contributed by atoms with Crippen molar-refractivity contribution >= 4 is 16.0 Å². The topological polar surface area (TPSA) is 164 Å². The lowest BCUT2D eigenvalue weighted by Crippen LogP contribution is -2.62. The van der Waals surface area contributed by atoms with Crippen LogP contribution in [0.4, 0.5) is 0 Å². The summed E-state index contributed by atoms with van der Waals surface area (Å²) in [5.41, 5.74) is -0.222. The average Bonchev–Trinajstić information content (AvgIpc) is 3.24. The lowest BCUT2D eigenvalue weighted by atomic mass is 9.43. The summed E-state index contributed by atoms with van der Waals surface area (Å²) in [6.45, 7) is 8.10. The maximum Gasteiger partial charge on any atom is 0.267 e. The van der Waals surface area contributed by atoms with Crippen LogP contribution in [0.15, 0.2) is 0 Å². The molecule has 0 radical (unpaired) electrons. The van der Waals surface area contributed by atoms with Crippen molar-refractivity contribution in [2.45, 2.75) is 109 Å². The van der Waals surface area contributed by atoms with Crippen LogP contribution in [-0.2, 0) is 14.9 Å². The predicted octanol–water partition coefficient (Wildman–Crippen LogP) is 2.20. The van der Waals surface area contributed by atoms with Gasteiger partial charge in [-0.2, -0.15) is 8.42 Å². The Hall–Kier alpha value is -0.820. The molecule has 0 aromatic heterocycles. The van der Waals surface area contributed by atoms with E-state index in [1.165, 1.54) is 0 Å². The van der Waals surface area contributed by atoms with Crippen molar-refractivity contribution in [1.29, 1.82) is 0 Å². The Labute approximate surface area is 259 Å². The molecule has 4 fully saturated rings. The number of quaternary nitrogens is 1. The Kier molecular flexibility index (Phi) is 10.7. The van der Waals surface area contributed by atoms with Gasteiger partial charge >= 0.3 is 0 Å². The van der Waals surface area contributed by atoms with E-state index in [4.69, 9.17) is 4.55 Å². The molecular formula is C32H59N2O8S+. The first-order valence-electron chi connectivity index (χ1n) is 16.6. The zero-order valence-electron chi connectivity index (χ0n) is 27.0. The average molecular weight is 632 g/mol. The molecule has 0 saturated heterocycles. The lowest BCUT2D eigenvalue weighted by Gasteiger charge is -2.63. The second-order valence-electron chi connectivity index (χ2n) is 16.0. The number of nitrogens with zero attached hydrogens (tertiary/aromatic N) is 1. The highest BCUT2D eigenvalue weighted by Gasteiger charge is 2.65. The number of carbonyl (C=O) groups is 1. The fraction of sp³-hybridized carbons (Fsp3) is 0.969. The summed E-state index contributed by atoms with van der Waals surface area (Å²) in [6.07, 6.45) is 5.56. The van der Waals surface area contributed by atoms with Crippen molar-refractivity contribution in [2.75, 3.05) is 39.5 Å². The van der Waals surface area contributed by atoms with E-state index in [0.717, 1.165) is 44.9 Å². The van der Waals surface area contributed by atoms with E-state index in [-0.39, 0.29) is 59.2 Å². The minimum atomic E-state index is -4.23. The number of fused-ring (bicyclic) bond motifs is 5. The largest absolute Gasteiger partial charge is 0.393 e. The SMILES string of the molecule is C[C@H](CCC(=O)NCCC[N+](C)(C)C[C@@H](O)CS(=O)(=O)O)[C@H]1CC[C@H]2[C@@H]3[C@H](O)C[C@H]4C[C@@H](O)CC[C@]4(C)[C@H]3C[C@@H](O)[C@]12C. The fourth-order valence-electron chi connectivity index (χ4n) is 10.5. The Bertz CT molecular complexity index is 1090. The second-order valence-corrected chi connectivity index (χ2v) is 17.5. The van der Waals surface area contributed by atoms with Gasteiger partial charge in [-0.05, 0) is 97.7 Å². The Morgan fingerprint density at radius 3 is 2.42 bits per heavy atom. The summed E-state index contributed by atoms with van der Waals surface area (Å²) in [5.74, 6) is 0.890. The molecule has 0 heterocycles. The third kappa shape index (κ3) is 7.60. The smallest absolute Gasteiger partial charge is 0.267 e. The Morgan fingerprint density at radius 1 is 1.05 bits per heavy atom. The van der Waals surface area contributed by atoms with E-state index < -0.39 is 28.1 Å². The third-order valence-corrected chi connectivity index (χ3v) is 13.5. The van der Waals surface area contributed by atoms with Gasteiger partial charge < -0.3 is 30.2 Å². The summed E-state index contributed by atoms with van der Waals surface area (Å²) < 4.78 is 31.3. The van der Waals surface area contributed by atoms with Crippen LogP contribution in [-0.4, -0.2) is 108 Å². The van der Waals surface area contributed by atoms with Crippen LogP contribution in [0.5, 0.6) is 0 Å². The highest BCUT2D eigenvalue weighted by Crippen LogP contribution is 2.68. The number of aliphatic hydroxyl groups excluding tert-OH is 4. The summed E-state index contributed by atoms with van der Waals surface area (Å²) in [6, 6.07) is 0. The van der Waals surface area contributed by atoms with Crippen molar-refractivity contribution in [3.63, 3.8) is 0 Å². The number of rotatable bonds is 12. The number of hydrogen-bond donors (Lipinski definition) is 6. The number of aliphatic hydroxyl groups is 4. The van der Waals surface area contributed by atoms with Gasteiger partial charge in [-0.3, -0.25) is 9.35 Å². The number of nitrogens with one attached hydrogen (secondary N) is 1. The molecule has 4 rings (SSSR count). The van der Waals surface area contributed by atoms with Crippen LogP contribution in [0.25, 0.3) is 0 Å². The first-order valence-corrected chi connectivity index (χ1v) is 18.2. The minimum absolute atomic E-state index is 0.00585. The molecule has 12 atom stereocenters. The third-order valence-electron chi connectivity index (χ3n) is 12.7. The van der Waals surface area contributed by atoms with Gasteiger partial charge in [0.2, 0.25) is 5.91 Å². The van der Waals surface area contributed by atoms with Crippen molar-refractivity contribution in [1.82, 2.24) is 5.32 Å². The molecule has 43 heavy (non-hydrogen) atoms. The van der Waals surface area contributed by atoms with Crippen LogP contribution in [0.2, 0.25) is 0 Å². The van der Waals surface area contributed by atoms with Gasteiger partial charge in [0.15, 0.2) is 0 Å². The standard InChI is InChI=1S/C32H58N2O8S/c1-20(7-10-29(39)33-13-6-14-34(4,5)18-23(36)19-43(40,41)42)24-8-9-25-30-26(17-28(38)32(24,25)3)31(2)12-11-22(35)15-21(31)16-27(30)37/h20-28,30,35-38H,6-19H2,1-5H3,(H-,33,39,40,41,42)/p+1/t20-,21-,22+,23-,24-,25+,26+,27-,28-,30+,31+,32-/m1/s1. The van der Waals surface area contributed by atoms with Gasteiger partial charge in [-0.25, -0.2) is 0 Å².